The first-order valence-corrected chi connectivity index (χ1v) is 8.76. The number of ether oxygens (including phenoxy) is 2. The third kappa shape index (κ3) is 3.10. The molecule has 0 radical (unpaired) electrons. The molecular formula is C17H22BrN3O2. The number of H-pyrrole nitrogens is 1. The van der Waals surface area contributed by atoms with Crippen molar-refractivity contribution in [1.82, 2.24) is 15.1 Å². The summed E-state index contributed by atoms with van der Waals surface area (Å²) in [6.07, 6.45) is 1.02. The molecule has 1 aromatic carbocycles. The van der Waals surface area contributed by atoms with Crippen LogP contribution in [-0.4, -0.2) is 41.9 Å². The average molecular weight is 380 g/mol. The molecule has 1 aliphatic heterocycles. The van der Waals surface area contributed by atoms with Gasteiger partial charge in [-0.1, -0.05) is 6.92 Å². The molecule has 5 nitrogen and oxygen atoms in total. The number of hydrogen-bond donors (Lipinski definition) is 1. The molecule has 1 aromatic heterocycles. The highest BCUT2D eigenvalue weighted by Crippen LogP contribution is 2.40. The van der Waals surface area contributed by atoms with Gasteiger partial charge in [-0.15, -0.1) is 0 Å². The van der Waals surface area contributed by atoms with Gasteiger partial charge < -0.3 is 9.47 Å². The van der Waals surface area contributed by atoms with Gasteiger partial charge in [0.1, 0.15) is 0 Å². The highest BCUT2D eigenvalue weighted by atomic mass is 79.9. The molecule has 2 heterocycles. The average Bonchev–Trinajstić information content (AvgIpc) is 2.99. The van der Waals surface area contributed by atoms with Crippen molar-refractivity contribution in [1.29, 1.82) is 0 Å². The number of likely N-dealkylation sites (N-methyl/N-ethyl adjacent to an activating group) is 1. The van der Waals surface area contributed by atoms with Gasteiger partial charge in [0.15, 0.2) is 11.5 Å². The third-order valence-electron chi connectivity index (χ3n) is 4.25. The summed E-state index contributed by atoms with van der Waals surface area (Å²) in [5, 5.41) is 7.76. The number of nitrogens with one attached hydrogen (secondary N) is 1. The second kappa shape index (κ2) is 6.93. The fourth-order valence-corrected chi connectivity index (χ4v) is 3.56. The van der Waals surface area contributed by atoms with Crippen molar-refractivity contribution in [2.24, 2.45) is 0 Å². The number of halogens is 1. The molecule has 124 valence electrons. The maximum Gasteiger partial charge on any atom is 0.175 e. The Morgan fingerprint density at radius 2 is 2.17 bits per heavy atom. The van der Waals surface area contributed by atoms with Crippen LogP contribution in [-0.2, 0) is 13.0 Å². The van der Waals surface area contributed by atoms with E-state index in [0.717, 1.165) is 53.3 Å². The molecule has 0 spiro atoms. The minimum atomic E-state index is 0.595. The first kappa shape index (κ1) is 16.3. The Hall–Kier alpha value is -1.53. The summed E-state index contributed by atoms with van der Waals surface area (Å²) in [5.74, 6) is 1.45. The summed E-state index contributed by atoms with van der Waals surface area (Å²) in [6, 6.07) is 4.05. The molecule has 6 heteroatoms. The summed E-state index contributed by atoms with van der Waals surface area (Å²) >= 11 is 3.59. The fourth-order valence-electron chi connectivity index (χ4n) is 3.00. The van der Waals surface area contributed by atoms with Gasteiger partial charge in [-0.2, -0.15) is 5.10 Å². The van der Waals surface area contributed by atoms with E-state index < -0.39 is 0 Å². The lowest BCUT2D eigenvalue weighted by atomic mass is 10.0. The number of nitrogens with zero attached hydrogens (tertiary/aromatic N) is 2. The number of aromatic amines is 1. The molecule has 0 amide bonds. The Morgan fingerprint density at radius 1 is 1.35 bits per heavy atom. The van der Waals surface area contributed by atoms with Crippen molar-refractivity contribution >= 4 is 15.9 Å². The van der Waals surface area contributed by atoms with Crippen molar-refractivity contribution in [3.05, 3.63) is 27.9 Å². The summed E-state index contributed by atoms with van der Waals surface area (Å²) in [7, 11) is 1.66. The molecule has 0 aliphatic carbocycles. The van der Waals surface area contributed by atoms with E-state index in [4.69, 9.17) is 9.47 Å². The van der Waals surface area contributed by atoms with Gasteiger partial charge in [-0.05, 0) is 41.5 Å². The Bertz CT molecular complexity index is 699. The van der Waals surface area contributed by atoms with Crippen LogP contribution in [0.4, 0.5) is 0 Å². The van der Waals surface area contributed by atoms with Crippen LogP contribution < -0.4 is 9.47 Å². The maximum atomic E-state index is 5.67. The highest BCUT2D eigenvalue weighted by molar-refractivity contribution is 9.10. The van der Waals surface area contributed by atoms with E-state index in [2.05, 4.69) is 44.0 Å². The van der Waals surface area contributed by atoms with Gasteiger partial charge in [0, 0.05) is 36.3 Å². The van der Waals surface area contributed by atoms with E-state index in [1.807, 2.05) is 13.0 Å². The van der Waals surface area contributed by atoms with E-state index >= 15 is 0 Å². The van der Waals surface area contributed by atoms with Crippen LogP contribution in [0.15, 0.2) is 16.6 Å². The molecule has 2 aromatic rings. The SMILES string of the molecule is CCOc1c(Br)cc(-c2n[nH]c3c2CN(CC)CC3)cc1OC. The summed E-state index contributed by atoms with van der Waals surface area (Å²) in [4.78, 5) is 2.43. The van der Waals surface area contributed by atoms with Crippen molar-refractivity contribution < 1.29 is 9.47 Å². The normalized spacial score (nSPS) is 14.6. The largest absolute Gasteiger partial charge is 0.493 e. The Balaban J connectivity index is 2.03. The van der Waals surface area contributed by atoms with Crippen LogP contribution in [0.25, 0.3) is 11.3 Å². The topological polar surface area (TPSA) is 50.4 Å². The molecule has 0 atom stereocenters. The van der Waals surface area contributed by atoms with Crippen LogP contribution in [0.3, 0.4) is 0 Å². The van der Waals surface area contributed by atoms with Crippen molar-refractivity contribution in [3.8, 4) is 22.8 Å². The zero-order valence-corrected chi connectivity index (χ0v) is 15.4. The number of aromatic nitrogens is 2. The predicted molar refractivity (Wildman–Crippen MR) is 94.1 cm³/mol. The van der Waals surface area contributed by atoms with Gasteiger partial charge in [-0.25, -0.2) is 0 Å². The van der Waals surface area contributed by atoms with Crippen LogP contribution in [0.5, 0.6) is 11.5 Å². The summed E-state index contributed by atoms with van der Waals surface area (Å²) in [6.45, 7) is 7.83. The molecule has 0 saturated heterocycles. The Labute approximate surface area is 145 Å². The minimum Gasteiger partial charge on any atom is -0.493 e. The van der Waals surface area contributed by atoms with E-state index in [1.165, 1.54) is 11.3 Å². The first-order chi connectivity index (χ1) is 11.2. The van der Waals surface area contributed by atoms with Crippen molar-refractivity contribution in [2.45, 2.75) is 26.8 Å². The minimum absolute atomic E-state index is 0.595. The van der Waals surface area contributed by atoms with E-state index in [0.29, 0.717) is 6.61 Å². The van der Waals surface area contributed by atoms with Crippen LogP contribution in [0.1, 0.15) is 25.1 Å². The van der Waals surface area contributed by atoms with Gasteiger partial charge in [-0.3, -0.25) is 10.00 Å². The van der Waals surface area contributed by atoms with Gasteiger partial charge in [0.05, 0.1) is 23.9 Å². The molecule has 1 N–H and O–H groups in total. The zero-order chi connectivity index (χ0) is 16.4. The number of benzene rings is 1. The van der Waals surface area contributed by atoms with E-state index in [1.54, 1.807) is 7.11 Å². The third-order valence-corrected chi connectivity index (χ3v) is 4.84. The molecule has 0 unspecified atom stereocenters. The summed E-state index contributed by atoms with van der Waals surface area (Å²) < 4.78 is 12.1. The molecule has 1 aliphatic rings. The van der Waals surface area contributed by atoms with E-state index in [9.17, 15) is 0 Å². The van der Waals surface area contributed by atoms with Gasteiger partial charge in [0.2, 0.25) is 0 Å². The van der Waals surface area contributed by atoms with Crippen molar-refractivity contribution in [3.63, 3.8) is 0 Å². The number of methoxy groups -OCH3 is 1. The highest BCUT2D eigenvalue weighted by Gasteiger charge is 2.23. The lowest BCUT2D eigenvalue weighted by Crippen LogP contribution is -2.30. The predicted octanol–water partition coefficient (Wildman–Crippen LogP) is 3.62. The number of rotatable bonds is 5. The lowest BCUT2D eigenvalue weighted by Gasteiger charge is -2.25. The van der Waals surface area contributed by atoms with Crippen LogP contribution >= 0.6 is 15.9 Å². The number of fused-ring (bicyclic) bond motifs is 1. The monoisotopic (exact) mass is 379 g/mol. The molecule has 23 heavy (non-hydrogen) atoms. The maximum absolute atomic E-state index is 5.67. The Morgan fingerprint density at radius 3 is 2.87 bits per heavy atom. The molecule has 0 fully saturated rings. The smallest absolute Gasteiger partial charge is 0.175 e. The number of hydrogen-bond acceptors (Lipinski definition) is 4. The second-order valence-corrected chi connectivity index (χ2v) is 6.42. The lowest BCUT2D eigenvalue weighted by molar-refractivity contribution is 0.267. The fraction of sp³-hybridized carbons (Fsp3) is 0.471. The quantitative estimate of drug-likeness (QED) is 0.861. The molecule has 0 bridgehead atoms. The van der Waals surface area contributed by atoms with Gasteiger partial charge >= 0.3 is 0 Å². The molecule has 0 saturated carbocycles. The van der Waals surface area contributed by atoms with Crippen molar-refractivity contribution in [2.75, 3.05) is 26.8 Å². The second-order valence-electron chi connectivity index (χ2n) is 5.57. The van der Waals surface area contributed by atoms with Crippen LogP contribution in [0, 0.1) is 0 Å². The van der Waals surface area contributed by atoms with Crippen LogP contribution in [0.2, 0.25) is 0 Å². The zero-order valence-electron chi connectivity index (χ0n) is 13.8. The molecular weight excluding hydrogens is 358 g/mol. The van der Waals surface area contributed by atoms with E-state index in [-0.39, 0.29) is 0 Å². The summed E-state index contributed by atoms with van der Waals surface area (Å²) in [5.41, 5.74) is 4.57. The standard InChI is InChI=1S/C17H22BrN3O2/c1-4-21-7-6-14-12(10-21)16(20-19-14)11-8-13(18)17(23-5-2)15(9-11)22-3/h8-9H,4-7,10H2,1-3H3,(H,19,20). The Kier molecular flexibility index (Phi) is 4.92. The molecule has 3 rings (SSSR count). The van der Waals surface area contributed by atoms with Gasteiger partial charge in [0.25, 0.3) is 0 Å². The first-order valence-electron chi connectivity index (χ1n) is 7.97.